The third-order valence-electron chi connectivity index (χ3n) is 4.16. The van der Waals surface area contributed by atoms with Crippen LogP contribution < -0.4 is 4.74 Å². The highest BCUT2D eigenvalue weighted by Gasteiger charge is 2.15. The molecule has 3 rings (SSSR count). The number of nitrogens with one attached hydrogen (secondary N) is 1. The fourth-order valence-corrected chi connectivity index (χ4v) is 2.90. The first-order valence-electron chi connectivity index (χ1n) is 8.90. The first-order chi connectivity index (χ1) is 13.5. The SMILES string of the molecule is CCOC(=O)C(C)Oc1ccc(C(=O)/C=C/c2c[nH]c3ccc(Cl)cc23)cc1. The van der Waals surface area contributed by atoms with Crippen molar-refractivity contribution in [3.8, 4) is 5.75 Å². The van der Waals surface area contributed by atoms with E-state index in [1.165, 1.54) is 6.08 Å². The van der Waals surface area contributed by atoms with Crippen LogP contribution in [0.15, 0.2) is 54.7 Å². The van der Waals surface area contributed by atoms with Gasteiger partial charge in [-0.2, -0.15) is 0 Å². The normalized spacial score (nSPS) is 12.2. The summed E-state index contributed by atoms with van der Waals surface area (Å²) in [5, 5.41) is 1.59. The minimum atomic E-state index is -0.713. The highest BCUT2D eigenvalue weighted by Crippen LogP contribution is 2.23. The monoisotopic (exact) mass is 397 g/mol. The molecule has 0 amide bonds. The van der Waals surface area contributed by atoms with E-state index >= 15 is 0 Å². The van der Waals surface area contributed by atoms with Gasteiger partial charge in [0, 0.05) is 27.7 Å². The fraction of sp³-hybridized carbons (Fsp3) is 0.182. The standard InChI is InChI=1S/C22H20ClNO4/c1-3-27-22(26)14(2)28-18-8-4-15(5-9-18)21(25)11-6-16-13-24-20-10-7-17(23)12-19(16)20/h4-14,24H,3H2,1-2H3/b11-6+. The van der Waals surface area contributed by atoms with Gasteiger partial charge >= 0.3 is 5.97 Å². The van der Waals surface area contributed by atoms with Gasteiger partial charge in [-0.25, -0.2) is 4.79 Å². The number of hydrogen-bond acceptors (Lipinski definition) is 4. The lowest BCUT2D eigenvalue weighted by Gasteiger charge is -2.13. The molecule has 0 saturated carbocycles. The number of hydrogen-bond donors (Lipinski definition) is 1. The molecule has 144 valence electrons. The van der Waals surface area contributed by atoms with E-state index in [1.54, 1.807) is 44.2 Å². The molecule has 1 N–H and O–H groups in total. The lowest BCUT2D eigenvalue weighted by Crippen LogP contribution is -2.26. The van der Waals surface area contributed by atoms with Crippen LogP contribution >= 0.6 is 11.6 Å². The minimum Gasteiger partial charge on any atom is -0.479 e. The van der Waals surface area contributed by atoms with Crippen LogP contribution in [0.3, 0.4) is 0 Å². The highest BCUT2D eigenvalue weighted by molar-refractivity contribution is 6.31. The first kappa shape index (κ1) is 19.7. The van der Waals surface area contributed by atoms with Crippen LogP contribution in [0.25, 0.3) is 17.0 Å². The van der Waals surface area contributed by atoms with Crippen LogP contribution in [0.1, 0.15) is 29.8 Å². The van der Waals surface area contributed by atoms with Gasteiger partial charge in [-0.1, -0.05) is 11.6 Å². The Morgan fingerprint density at radius 2 is 1.93 bits per heavy atom. The van der Waals surface area contributed by atoms with E-state index < -0.39 is 12.1 Å². The largest absolute Gasteiger partial charge is 0.479 e. The number of ketones is 1. The Bertz CT molecular complexity index is 1020. The van der Waals surface area contributed by atoms with E-state index in [4.69, 9.17) is 21.1 Å². The molecule has 1 atom stereocenters. The Morgan fingerprint density at radius 3 is 2.64 bits per heavy atom. The number of halogens is 1. The van der Waals surface area contributed by atoms with Crippen molar-refractivity contribution in [1.82, 2.24) is 4.98 Å². The summed E-state index contributed by atoms with van der Waals surface area (Å²) in [4.78, 5) is 27.2. The Kier molecular flexibility index (Phi) is 6.16. The molecule has 0 bridgehead atoms. The summed E-state index contributed by atoms with van der Waals surface area (Å²) in [7, 11) is 0. The molecule has 0 spiro atoms. The molecule has 0 aliphatic carbocycles. The number of aromatic amines is 1. The Balaban J connectivity index is 1.68. The summed E-state index contributed by atoms with van der Waals surface area (Å²) >= 11 is 6.05. The van der Waals surface area contributed by atoms with Crippen molar-refractivity contribution in [2.24, 2.45) is 0 Å². The van der Waals surface area contributed by atoms with Gasteiger partial charge in [0.1, 0.15) is 5.75 Å². The van der Waals surface area contributed by atoms with E-state index in [-0.39, 0.29) is 5.78 Å². The molecule has 2 aromatic carbocycles. The second-order valence-electron chi connectivity index (χ2n) is 6.17. The molecule has 0 fully saturated rings. The number of benzene rings is 2. The summed E-state index contributed by atoms with van der Waals surface area (Å²) in [6.07, 6.45) is 4.39. The van der Waals surface area contributed by atoms with Gasteiger partial charge in [-0.05, 0) is 74.0 Å². The average molecular weight is 398 g/mol. The molecule has 1 heterocycles. The molecular weight excluding hydrogens is 378 g/mol. The van der Waals surface area contributed by atoms with E-state index in [2.05, 4.69) is 4.98 Å². The molecule has 3 aromatic rings. The summed E-state index contributed by atoms with van der Waals surface area (Å²) in [6.45, 7) is 3.66. The van der Waals surface area contributed by atoms with Crippen LogP contribution in [0.5, 0.6) is 5.75 Å². The maximum atomic E-state index is 12.4. The molecule has 0 aliphatic heterocycles. The Hall–Kier alpha value is -3.05. The number of ether oxygens (including phenoxy) is 2. The zero-order valence-corrected chi connectivity index (χ0v) is 16.3. The second-order valence-corrected chi connectivity index (χ2v) is 6.60. The summed E-state index contributed by atoms with van der Waals surface area (Å²) in [5.74, 6) is -0.0712. The van der Waals surface area contributed by atoms with Crippen LogP contribution in [0.2, 0.25) is 5.02 Å². The van der Waals surface area contributed by atoms with Crippen LogP contribution in [-0.2, 0) is 9.53 Å². The van der Waals surface area contributed by atoms with Crippen molar-refractivity contribution in [3.05, 3.63) is 70.9 Å². The second kappa shape index (κ2) is 8.76. The van der Waals surface area contributed by atoms with Crippen molar-refractivity contribution in [2.45, 2.75) is 20.0 Å². The predicted octanol–water partition coefficient (Wildman–Crippen LogP) is 5.05. The molecule has 1 unspecified atom stereocenters. The minimum absolute atomic E-state index is 0.138. The molecule has 0 saturated heterocycles. The number of allylic oxidation sites excluding steroid dienone is 1. The Labute approximate surface area is 167 Å². The molecule has 5 nitrogen and oxygen atoms in total. The van der Waals surface area contributed by atoms with Gasteiger partial charge in [-0.3, -0.25) is 4.79 Å². The van der Waals surface area contributed by atoms with Crippen molar-refractivity contribution in [3.63, 3.8) is 0 Å². The van der Waals surface area contributed by atoms with E-state index in [0.717, 1.165) is 16.5 Å². The van der Waals surface area contributed by atoms with Crippen molar-refractivity contribution in [1.29, 1.82) is 0 Å². The van der Waals surface area contributed by atoms with Gasteiger partial charge in [0.25, 0.3) is 0 Å². The number of rotatable bonds is 7. The number of H-pyrrole nitrogens is 1. The molecule has 28 heavy (non-hydrogen) atoms. The average Bonchev–Trinajstić information content (AvgIpc) is 3.09. The quantitative estimate of drug-likeness (QED) is 0.344. The van der Waals surface area contributed by atoms with E-state index in [0.29, 0.717) is 22.9 Å². The zero-order chi connectivity index (χ0) is 20.1. The van der Waals surface area contributed by atoms with Crippen molar-refractivity contribution < 1.29 is 19.1 Å². The number of fused-ring (bicyclic) bond motifs is 1. The number of esters is 1. The predicted molar refractivity (Wildman–Crippen MR) is 110 cm³/mol. The van der Waals surface area contributed by atoms with E-state index in [9.17, 15) is 9.59 Å². The Morgan fingerprint density at radius 1 is 1.18 bits per heavy atom. The third-order valence-corrected chi connectivity index (χ3v) is 4.40. The lowest BCUT2D eigenvalue weighted by molar-refractivity contribution is -0.150. The lowest BCUT2D eigenvalue weighted by atomic mass is 10.1. The van der Waals surface area contributed by atoms with Gasteiger partial charge in [0.2, 0.25) is 0 Å². The van der Waals surface area contributed by atoms with E-state index in [1.807, 2.05) is 24.4 Å². The number of carbonyl (C=O) groups excluding carboxylic acids is 2. The number of carbonyl (C=O) groups is 2. The number of aromatic nitrogens is 1. The molecule has 6 heteroatoms. The summed E-state index contributed by atoms with van der Waals surface area (Å²) in [5.41, 5.74) is 2.35. The maximum Gasteiger partial charge on any atom is 0.347 e. The van der Waals surface area contributed by atoms with Gasteiger partial charge < -0.3 is 14.5 Å². The zero-order valence-electron chi connectivity index (χ0n) is 15.6. The first-order valence-corrected chi connectivity index (χ1v) is 9.28. The topological polar surface area (TPSA) is 68.4 Å². The van der Waals surface area contributed by atoms with Crippen LogP contribution in [0, 0.1) is 0 Å². The van der Waals surface area contributed by atoms with Gasteiger partial charge in [0.15, 0.2) is 11.9 Å². The van der Waals surface area contributed by atoms with Crippen LogP contribution in [0.4, 0.5) is 0 Å². The highest BCUT2D eigenvalue weighted by atomic mass is 35.5. The smallest absolute Gasteiger partial charge is 0.347 e. The molecule has 1 aromatic heterocycles. The fourth-order valence-electron chi connectivity index (χ4n) is 2.72. The summed E-state index contributed by atoms with van der Waals surface area (Å²) in [6, 6.07) is 12.2. The molecule has 0 aliphatic rings. The van der Waals surface area contributed by atoms with Gasteiger partial charge in [-0.15, -0.1) is 0 Å². The molecule has 0 radical (unpaired) electrons. The third kappa shape index (κ3) is 4.61. The van der Waals surface area contributed by atoms with Crippen LogP contribution in [-0.4, -0.2) is 29.4 Å². The maximum absolute atomic E-state index is 12.4. The van der Waals surface area contributed by atoms with Crippen molar-refractivity contribution >= 4 is 40.3 Å². The summed E-state index contributed by atoms with van der Waals surface area (Å²) < 4.78 is 10.4. The van der Waals surface area contributed by atoms with Gasteiger partial charge in [0.05, 0.1) is 6.61 Å². The van der Waals surface area contributed by atoms with Crippen molar-refractivity contribution in [2.75, 3.05) is 6.61 Å². The molecular formula is C22H20ClNO4.